The molecule has 0 saturated heterocycles. The van der Waals surface area contributed by atoms with Crippen molar-refractivity contribution in [2.24, 2.45) is 0 Å². The van der Waals surface area contributed by atoms with Gasteiger partial charge in [-0.05, 0) is 25.5 Å². The van der Waals surface area contributed by atoms with Crippen molar-refractivity contribution in [2.75, 3.05) is 13.6 Å². The number of para-hydroxylation sites is 2. The minimum Gasteiger partial charge on any atom is -0.327 e. The molecule has 0 aliphatic heterocycles. The topological polar surface area (TPSA) is 50.2 Å². The van der Waals surface area contributed by atoms with Crippen molar-refractivity contribution in [1.29, 1.82) is 0 Å². The molecule has 20 heavy (non-hydrogen) atoms. The molecule has 0 unspecified atom stereocenters. The fourth-order valence-corrected chi connectivity index (χ4v) is 2.31. The van der Waals surface area contributed by atoms with Crippen molar-refractivity contribution in [3.63, 3.8) is 0 Å². The Kier molecular flexibility index (Phi) is 5.26. The zero-order valence-corrected chi connectivity index (χ0v) is 12.2. The maximum atomic E-state index is 10.3. The van der Waals surface area contributed by atoms with Crippen LogP contribution in [0.15, 0.2) is 24.3 Å². The van der Waals surface area contributed by atoms with E-state index in [1.54, 1.807) is 0 Å². The molecule has 0 bridgehead atoms. The first-order valence-electron chi connectivity index (χ1n) is 7.08. The van der Waals surface area contributed by atoms with Gasteiger partial charge in [-0.2, -0.15) is 0 Å². The molecular formula is C15H22N4O. The predicted octanol–water partition coefficient (Wildman–Crippen LogP) is 1.97. The van der Waals surface area contributed by atoms with Crippen LogP contribution in [0.1, 0.15) is 25.6 Å². The summed E-state index contributed by atoms with van der Waals surface area (Å²) in [4.78, 5) is 15.0. The van der Waals surface area contributed by atoms with E-state index in [-0.39, 0.29) is 0 Å². The van der Waals surface area contributed by atoms with Crippen LogP contribution in [0.2, 0.25) is 0 Å². The number of hydrazine groups is 1. The lowest BCUT2D eigenvalue weighted by Gasteiger charge is -2.17. The average molecular weight is 274 g/mol. The van der Waals surface area contributed by atoms with E-state index in [1.807, 2.05) is 30.3 Å². The number of hydrogen-bond acceptors (Lipinski definition) is 4. The van der Waals surface area contributed by atoms with Crippen LogP contribution < -0.4 is 5.43 Å². The Morgan fingerprint density at radius 2 is 2.20 bits per heavy atom. The number of fused-ring (bicyclic) bond motifs is 1. The van der Waals surface area contributed by atoms with Gasteiger partial charge in [-0.1, -0.05) is 12.1 Å². The van der Waals surface area contributed by atoms with Gasteiger partial charge in [-0.15, -0.1) is 0 Å². The number of carbonyl (C=O) groups excluding carboxylic acids is 1. The second-order valence-electron chi connectivity index (χ2n) is 4.83. The SMILES string of the molecule is CCn1c(CNN(C)CCCC=O)nc2ccccc21. The highest BCUT2D eigenvalue weighted by atomic mass is 16.1. The third-order valence-electron chi connectivity index (χ3n) is 3.37. The molecule has 0 amide bonds. The second-order valence-corrected chi connectivity index (χ2v) is 4.83. The zero-order chi connectivity index (χ0) is 14.4. The Morgan fingerprint density at radius 1 is 1.40 bits per heavy atom. The molecule has 5 heteroatoms. The number of benzene rings is 1. The van der Waals surface area contributed by atoms with Gasteiger partial charge in [0.1, 0.15) is 12.1 Å². The molecule has 5 nitrogen and oxygen atoms in total. The quantitative estimate of drug-likeness (QED) is 0.454. The molecule has 1 aromatic carbocycles. The van der Waals surface area contributed by atoms with Gasteiger partial charge < -0.3 is 9.36 Å². The molecule has 0 saturated carbocycles. The second kappa shape index (κ2) is 7.17. The van der Waals surface area contributed by atoms with Gasteiger partial charge in [0, 0.05) is 26.6 Å². The van der Waals surface area contributed by atoms with Crippen LogP contribution >= 0.6 is 0 Å². The van der Waals surface area contributed by atoms with E-state index >= 15 is 0 Å². The molecule has 0 radical (unpaired) electrons. The summed E-state index contributed by atoms with van der Waals surface area (Å²) in [6.07, 6.45) is 2.45. The number of aldehydes is 1. The molecule has 0 atom stereocenters. The molecule has 0 spiro atoms. The van der Waals surface area contributed by atoms with E-state index in [4.69, 9.17) is 0 Å². The smallest absolute Gasteiger partial charge is 0.125 e. The molecule has 2 rings (SSSR count). The highest BCUT2D eigenvalue weighted by molar-refractivity contribution is 5.75. The maximum Gasteiger partial charge on any atom is 0.125 e. The van der Waals surface area contributed by atoms with Crippen molar-refractivity contribution < 1.29 is 4.79 Å². The summed E-state index contributed by atoms with van der Waals surface area (Å²) in [6, 6.07) is 8.19. The summed E-state index contributed by atoms with van der Waals surface area (Å²) in [5.41, 5.74) is 5.54. The van der Waals surface area contributed by atoms with Crippen LogP contribution in [0.5, 0.6) is 0 Å². The molecule has 1 N–H and O–H groups in total. The zero-order valence-electron chi connectivity index (χ0n) is 12.2. The van der Waals surface area contributed by atoms with Crippen molar-refractivity contribution in [2.45, 2.75) is 32.9 Å². The maximum absolute atomic E-state index is 10.3. The van der Waals surface area contributed by atoms with Gasteiger partial charge in [0.15, 0.2) is 0 Å². The lowest BCUT2D eigenvalue weighted by molar-refractivity contribution is -0.108. The van der Waals surface area contributed by atoms with Crippen LogP contribution in [0.25, 0.3) is 11.0 Å². The number of aromatic nitrogens is 2. The molecule has 2 aromatic rings. The van der Waals surface area contributed by atoms with Gasteiger partial charge in [0.2, 0.25) is 0 Å². The molecule has 0 fully saturated rings. The Balaban J connectivity index is 2.00. The van der Waals surface area contributed by atoms with Crippen LogP contribution in [0.4, 0.5) is 0 Å². The molecule has 108 valence electrons. The fraction of sp³-hybridized carbons (Fsp3) is 0.467. The summed E-state index contributed by atoms with van der Waals surface area (Å²) in [6.45, 7) is 4.59. The number of nitrogens with one attached hydrogen (secondary N) is 1. The third kappa shape index (κ3) is 3.43. The van der Waals surface area contributed by atoms with E-state index in [0.717, 1.165) is 37.1 Å². The van der Waals surface area contributed by atoms with Crippen LogP contribution in [-0.4, -0.2) is 34.4 Å². The van der Waals surface area contributed by atoms with E-state index < -0.39 is 0 Å². The van der Waals surface area contributed by atoms with Crippen LogP contribution in [0, 0.1) is 0 Å². The predicted molar refractivity (Wildman–Crippen MR) is 80.2 cm³/mol. The number of aryl methyl sites for hydroxylation is 1. The minimum absolute atomic E-state index is 0.611. The Morgan fingerprint density at radius 3 is 2.95 bits per heavy atom. The van der Waals surface area contributed by atoms with E-state index in [0.29, 0.717) is 13.0 Å². The van der Waals surface area contributed by atoms with E-state index in [2.05, 4.69) is 28.0 Å². The lowest BCUT2D eigenvalue weighted by atomic mass is 10.3. The third-order valence-corrected chi connectivity index (χ3v) is 3.37. The fourth-order valence-electron chi connectivity index (χ4n) is 2.31. The number of imidazole rings is 1. The average Bonchev–Trinajstić information content (AvgIpc) is 2.83. The lowest BCUT2D eigenvalue weighted by Crippen LogP contribution is -2.35. The Hall–Kier alpha value is -1.72. The number of unbranched alkanes of at least 4 members (excludes halogenated alkanes) is 1. The van der Waals surface area contributed by atoms with Gasteiger partial charge in [0.25, 0.3) is 0 Å². The number of hydrogen-bond donors (Lipinski definition) is 1. The van der Waals surface area contributed by atoms with Gasteiger partial charge in [-0.25, -0.2) is 15.4 Å². The molecule has 1 aromatic heterocycles. The van der Waals surface area contributed by atoms with Gasteiger partial charge >= 0.3 is 0 Å². The normalized spacial score (nSPS) is 11.3. The summed E-state index contributed by atoms with van der Waals surface area (Å²) >= 11 is 0. The molecule has 0 aliphatic carbocycles. The Bertz CT molecular complexity index is 564. The van der Waals surface area contributed by atoms with E-state index in [9.17, 15) is 4.79 Å². The van der Waals surface area contributed by atoms with Gasteiger partial charge in [0.05, 0.1) is 17.6 Å². The first-order valence-corrected chi connectivity index (χ1v) is 7.08. The number of nitrogens with zero attached hydrogens (tertiary/aromatic N) is 3. The van der Waals surface area contributed by atoms with Crippen molar-refractivity contribution in [1.82, 2.24) is 20.0 Å². The largest absolute Gasteiger partial charge is 0.327 e. The Labute approximate surface area is 119 Å². The molecule has 1 heterocycles. The highest BCUT2D eigenvalue weighted by Gasteiger charge is 2.09. The minimum atomic E-state index is 0.611. The molecular weight excluding hydrogens is 252 g/mol. The summed E-state index contributed by atoms with van der Waals surface area (Å²) in [7, 11) is 1.99. The first kappa shape index (κ1) is 14.7. The van der Waals surface area contributed by atoms with Crippen molar-refractivity contribution >= 4 is 17.3 Å². The number of rotatable bonds is 8. The van der Waals surface area contributed by atoms with Crippen LogP contribution in [-0.2, 0) is 17.9 Å². The van der Waals surface area contributed by atoms with E-state index in [1.165, 1.54) is 5.52 Å². The summed E-state index contributed by atoms with van der Waals surface area (Å²) in [5.74, 6) is 1.04. The van der Waals surface area contributed by atoms with Crippen LogP contribution in [0.3, 0.4) is 0 Å². The van der Waals surface area contributed by atoms with Crippen molar-refractivity contribution in [3.8, 4) is 0 Å². The number of carbonyl (C=O) groups is 1. The van der Waals surface area contributed by atoms with Crippen molar-refractivity contribution in [3.05, 3.63) is 30.1 Å². The highest BCUT2D eigenvalue weighted by Crippen LogP contribution is 2.15. The summed E-state index contributed by atoms with van der Waals surface area (Å²) < 4.78 is 2.22. The summed E-state index contributed by atoms with van der Waals surface area (Å²) in [5, 5.41) is 2.02. The monoisotopic (exact) mass is 274 g/mol. The first-order chi connectivity index (χ1) is 9.76. The van der Waals surface area contributed by atoms with Gasteiger partial charge in [-0.3, -0.25) is 0 Å². The molecule has 0 aliphatic rings. The standard InChI is InChI=1S/C15H22N4O/c1-3-19-14-9-5-4-8-13(14)17-15(19)12-16-18(2)10-6-7-11-20/h4-5,8-9,11,16H,3,6-7,10,12H2,1-2H3.